The van der Waals surface area contributed by atoms with Crippen LogP contribution in [0, 0.1) is 0 Å². The minimum atomic E-state index is -0.287. The quantitative estimate of drug-likeness (QED) is 0.848. The molecule has 116 valence electrons. The zero-order valence-corrected chi connectivity index (χ0v) is 12.2. The van der Waals surface area contributed by atoms with Crippen molar-refractivity contribution in [2.24, 2.45) is 0 Å². The normalized spacial score (nSPS) is 16.3. The third-order valence-corrected chi connectivity index (χ3v) is 3.70. The molecule has 0 aliphatic carbocycles. The van der Waals surface area contributed by atoms with Crippen LogP contribution in [0.25, 0.3) is 6.08 Å². The number of fused-ring (bicyclic) bond motifs is 1. The number of benzene rings is 1. The van der Waals surface area contributed by atoms with Crippen molar-refractivity contribution in [1.82, 2.24) is 10.2 Å². The van der Waals surface area contributed by atoms with Crippen molar-refractivity contribution < 1.29 is 19.1 Å². The van der Waals surface area contributed by atoms with Crippen molar-refractivity contribution in [3.8, 4) is 11.5 Å². The Bertz CT molecular complexity index is 606. The highest BCUT2D eigenvalue weighted by Gasteiger charge is 2.17. The summed E-state index contributed by atoms with van der Waals surface area (Å²) in [6.45, 7) is 1.86. The average Bonchev–Trinajstić information content (AvgIpc) is 3.20. The lowest BCUT2D eigenvalue weighted by molar-refractivity contribution is -0.131. The van der Waals surface area contributed by atoms with Gasteiger partial charge in [-0.2, -0.15) is 0 Å². The maximum atomic E-state index is 11.8. The predicted octanol–water partition coefficient (Wildman–Crippen LogP) is 1.17. The monoisotopic (exact) mass is 302 g/mol. The van der Waals surface area contributed by atoms with Crippen molar-refractivity contribution in [1.29, 1.82) is 0 Å². The number of likely N-dealkylation sites (tertiary alicyclic amines) is 1. The van der Waals surface area contributed by atoms with Crippen LogP contribution in [0.3, 0.4) is 0 Å². The lowest BCUT2D eigenvalue weighted by Gasteiger charge is -2.14. The van der Waals surface area contributed by atoms with Crippen molar-refractivity contribution in [3.63, 3.8) is 0 Å². The van der Waals surface area contributed by atoms with Gasteiger partial charge in [-0.3, -0.25) is 9.59 Å². The van der Waals surface area contributed by atoms with Crippen molar-refractivity contribution in [3.05, 3.63) is 29.8 Å². The van der Waals surface area contributed by atoms with Gasteiger partial charge in [-0.25, -0.2) is 0 Å². The van der Waals surface area contributed by atoms with Gasteiger partial charge in [0.1, 0.15) is 0 Å². The van der Waals surface area contributed by atoms with Gasteiger partial charge in [-0.15, -0.1) is 0 Å². The Labute approximate surface area is 128 Å². The van der Waals surface area contributed by atoms with Crippen LogP contribution >= 0.6 is 0 Å². The molecule has 0 saturated carbocycles. The molecule has 22 heavy (non-hydrogen) atoms. The molecule has 1 aromatic rings. The molecule has 0 atom stereocenters. The Kier molecular flexibility index (Phi) is 4.27. The number of carbonyl (C=O) groups excluding carboxylic acids is 2. The fraction of sp³-hybridized carbons (Fsp3) is 0.375. The minimum Gasteiger partial charge on any atom is -0.454 e. The summed E-state index contributed by atoms with van der Waals surface area (Å²) in [6.07, 6.45) is 5.18. The van der Waals surface area contributed by atoms with E-state index in [1.54, 1.807) is 17.0 Å². The van der Waals surface area contributed by atoms with Crippen molar-refractivity contribution in [2.75, 3.05) is 26.4 Å². The second kappa shape index (κ2) is 6.51. The van der Waals surface area contributed by atoms with Gasteiger partial charge in [0.15, 0.2) is 11.5 Å². The van der Waals surface area contributed by atoms with Gasteiger partial charge in [0.2, 0.25) is 18.6 Å². The molecular weight excluding hydrogens is 284 g/mol. The van der Waals surface area contributed by atoms with Gasteiger partial charge < -0.3 is 19.7 Å². The van der Waals surface area contributed by atoms with E-state index in [1.807, 2.05) is 12.1 Å². The summed E-state index contributed by atoms with van der Waals surface area (Å²) >= 11 is 0. The molecule has 6 heteroatoms. The Morgan fingerprint density at radius 3 is 2.77 bits per heavy atom. The van der Waals surface area contributed by atoms with Crippen LogP contribution in [0.5, 0.6) is 11.5 Å². The van der Waals surface area contributed by atoms with Crippen molar-refractivity contribution in [2.45, 2.75) is 12.8 Å². The van der Waals surface area contributed by atoms with Crippen molar-refractivity contribution >= 4 is 17.9 Å². The fourth-order valence-corrected chi connectivity index (χ4v) is 2.49. The molecule has 0 spiro atoms. The smallest absolute Gasteiger partial charge is 0.244 e. The van der Waals surface area contributed by atoms with Gasteiger partial charge in [0.05, 0.1) is 6.54 Å². The summed E-state index contributed by atoms with van der Waals surface area (Å²) in [6, 6.07) is 5.45. The molecule has 2 heterocycles. The number of nitrogens with zero attached hydrogens (tertiary/aromatic N) is 1. The highest BCUT2D eigenvalue weighted by atomic mass is 16.7. The third kappa shape index (κ3) is 3.39. The Hall–Kier alpha value is -2.50. The number of ether oxygens (including phenoxy) is 2. The van der Waals surface area contributed by atoms with Crippen LogP contribution in [0.4, 0.5) is 0 Å². The molecule has 0 radical (unpaired) electrons. The first-order chi connectivity index (χ1) is 10.7. The van der Waals surface area contributed by atoms with E-state index in [-0.39, 0.29) is 25.2 Å². The molecule has 6 nitrogen and oxygen atoms in total. The molecule has 1 fully saturated rings. The number of amides is 2. The van der Waals surface area contributed by atoms with E-state index >= 15 is 0 Å². The van der Waals surface area contributed by atoms with Gasteiger partial charge in [-0.05, 0) is 36.6 Å². The number of hydrogen-bond acceptors (Lipinski definition) is 4. The Morgan fingerprint density at radius 1 is 1.18 bits per heavy atom. The average molecular weight is 302 g/mol. The molecule has 2 amide bonds. The van der Waals surface area contributed by atoms with Gasteiger partial charge in [0.25, 0.3) is 0 Å². The second-order valence-corrected chi connectivity index (χ2v) is 5.25. The van der Waals surface area contributed by atoms with Crippen LogP contribution in [0.1, 0.15) is 18.4 Å². The van der Waals surface area contributed by atoms with Crippen LogP contribution < -0.4 is 14.8 Å². The first-order valence-corrected chi connectivity index (χ1v) is 7.36. The Balaban J connectivity index is 1.49. The summed E-state index contributed by atoms with van der Waals surface area (Å²) in [5.74, 6) is 1.07. The number of carbonyl (C=O) groups is 2. The topological polar surface area (TPSA) is 67.9 Å². The largest absolute Gasteiger partial charge is 0.454 e. The highest BCUT2D eigenvalue weighted by molar-refractivity contribution is 5.94. The first-order valence-electron chi connectivity index (χ1n) is 7.36. The number of rotatable bonds is 4. The molecule has 0 unspecified atom stereocenters. The van der Waals surface area contributed by atoms with E-state index in [0.29, 0.717) is 11.5 Å². The maximum Gasteiger partial charge on any atom is 0.244 e. The van der Waals surface area contributed by atoms with Gasteiger partial charge >= 0.3 is 0 Å². The van der Waals surface area contributed by atoms with E-state index in [1.165, 1.54) is 6.08 Å². The Morgan fingerprint density at radius 2 is 1.95 bits per heavy atom. The number of nitrogens with one attached hydrogen (secondary N) is 1. The predicted molar refractivity (Wildman–Crippen MR) is 80.4 cm³/mol. The molecule has 3 rings (SSSR count). The molecule has 0 bridgehead atoms. The third-order valence-electron chi connectivity index (χ3n) is 3.70. The molecule has 2 aliphatic heterocycles. The molecule has 1 N–H and O–H groups in total. The summed E-state index contributed by atoms with van der Waals surface area (Å²) in [4.78, 5) is 25.3. The minimum absolute atomic E-state index is 0.0256. The molecule has 1 saturated heterocycles. The van der Waals surface area contributed by atoms with E-state index < -0.39 is 0 Å². The zero-order chi connectivity index (χ0) is 15.4. The molecule has 1 aromatic carbocycles. The van der Waals surface area contributed by atoms with E-state index in [2.05, 4.69) is 5.32 Å². The molecule has 2 aliphatic rings. The summed E-state index contributed by atoms with van der Waals surface area (Å²) in [7, 11) is 0. The summed E-state index contributed by atoms with van der Waals surface area (Å²) in [5, 5.41) is 2.61. The number of hydrogen-bond donors (Lipinski definition) is 1. The van der Waals surface area contributed by atoms with Crippen LogP contribution in [0.2, 0.25) is 0 Å². The van der Waals surface area contributed by atoms with E-state index in [4.69, 9.17) is 9.47 Å². The van der Waals surface area contributed by atoms with Crippen LogP contribution in [-0.2, 0) is 9.59 Å². The summed E-state index contributed by atoms with van der Waals surface area (Å²) < 4.78 is 10.5. The fourth-order valence-electron chi connectivity index (χ4n) is 2.49. The van der Waals surface area contributed by atoms with E-state index in [0.717, 1.165) is 31.5 Å². The van der Waals surface area contributed by atoms with E-state index in [9.17, 15) is 9.59 Å². The highest BCUT2D eigenvalue weighted by Crippen LogP contribution is 2.32. The molecular formula is C16H18N2O4. The lowest BCUT2D eigenvalue weighted by atomic mass is 10.2. The van der Waals surface area contributed by atoms with Crippen LogP contribution in [-0.4, -0.2) is 43.1 Å². The first kappa shape index (κ1) is 14.4. The summed E-state index contributed by atoms with van der Waals surface area (Å²) in [5.41, 5.74) is 0.838. The lowest BCUT2D eigenvalue weighted by Crippen LogP contribution is -2.38. The SMILES string of the molecule is O=C(/C=C/c1ccc2c(c1)OCO2)NCC(=O)N1CCCC1. The van der Waals surface area contributed by atoms with Crippen LogP contribution in [0.15, 0.2) is 24.3 Å². The standard InChI is InChI=1S/C16H18N2O4/c19-15(17-10-16(20)18-7-1-2-8-18)6-4-12-3-5-13-14(9-12)22-11-21-13/h3-6,9H,1-2,7-8,10-11H2,(H,17,19)/b6-4+. The van der Waals surface area contributed by atoms with Gasteiger partial charge in [-0.1, -0.05) is 6.07 Å². The second-order valence-electron chi connectivity index (χ2n) is 5.25. The zero-order valence-electron chi connectivity index (χ0n) is 12.2. The maximum absolute atomic E-state index is 11.8. The van der Waals surface area contributed by atoms with Gasteiger partial charge in [0, 0.05) is 19.2 Å². The molecule has 0 aromatic heterocycles.